The van der Waals surface area contributed by atoms with Crippen LogP contribution in [0.3, 0.4) is 0 Å². The van der Waals surface area contributed by atoms with Crippen LogP contribution in [0.15, 0.2) is 73.6 Å². The molecule has 2 aromatic carbocycles. The number of nitrogens with one attached hydrogen (secondary N) is 1. The summed E-state index contributed by atoms with van der Waals surface area (Å²) in [5.41, 5.74) is 9.06. The second-order valence-electron chi connectivity index (χ2n) is 9.23. The van der Waals surface area contributed by atoms with Crippen LogP contribution in [-0.2, 0) is 6.42 Å². The lowest BCUT2D eigenvalue weighted by Gasteiger charge is -2.30. The van der Waals surface area contributed by atoms with Gasteiger partial charge in [0.05, 0.1) is 11.4 Å². The molecule has 1 aliphatic heterocycles. The molecule has 5 nitrogen and oxygen atoms in total. The number of benzene rings is 2. The van der Waals surface area contributed by atoms with Gasteiger partial charge in [-0.1, -0.05) is 37.8 Å². The summed E-state index contributed by atoms with van der Waals surface area (Å²) in [6.45, 7) is 10.2. The molecule has 0 unspecified atom stereocenters. The van der Waals surface area contributed by atoms with E-state index in [0.29, 0.717) is 0 Å². The molecule has 1 aliphatic rings. The number of likely N-dealkylation sites (tertiary alicyclic amines) is 1. The molecule has 0 saturated carbocycles. The van der Waals surface area contributed by atoms with Crippen molar-refractivity contribution in [1.82, 2.24) is 14.3 Å². The summed E-state index contributed by atoms with van der Waals surface area (Å²) < 4.78 is 2.09. The Kier molecular flexibility index (Phi) is 6.41. The van der Waals surface area contributed by atoms with Crippen molar-refractivity contribution in [3.05, 3.63) is 90.3 Å². The van der Waals surface area contributed by atoms with E-state index < -0.39 is 0 Å². The van der Waals surface area contributed by atoms with Crippen LogP contribution in [0.1, 0.15) is 54.6 Å². The minimum Gasteiger partial charge on any atom is -0.372 e. The van der Waals surface area contributed by atoms with Crippen molar-refractivity contribution >= 4 is 28.5 Å². The summed E-state index contributed by atoms with van der Waals surface area (Å²) in [7, 11) is 0. The summed E-state index contributed by atoms with van der Waals surface area (Å²) in [5, 5.41) is 3.53. The SMILES string of the molecule is C=C(c1ccc(Nc2ccc(-c3ccc(C(C)=O)c(CC)c3)n3ccnc23)cc1)N1CCCCC1. The summed E-state index contributed by atoms with van der Waals surface area (Å²) in [6.07, 6.45) is 8.42. The molecule has 1 N–H and O–H groups in total. The maximum absolute atomic E-state index is 12.0. The number of fused-ring (bicyclic) bond motifs is 1. The topological polar surface area (TPSA) is 49.6 Å². The van der Waals surface area contributed by atoms with Gasteiger partial charge in [-0.05, 0) is 79.6 Å². The van der Waals surface area contributed by atoms with Gasteiger partial charge in [0.1, 0.15) is 0 Å². The Hall–Kier alpha value is -3.86. The summed E-state index contributed by atoms with van der Waals surface area (Å²) >= 11 is 0. The average Bonchev–Trinajstić information content (AvgIpc) is 3.39. The molecule has 178 valence electrons. The summed E-state index contributed by atoms with van der Waals surface area (Å²) in [6, 6.07) is 18.7. The maximum atomic E-state index is 12.0. The fraction of sp³-hybridized carbons (Fsp3) is 0.267. The van der Waals surface area contributed by atoms with Gasteiger partial charge in [0.25, 0.3) is 0 Å². The van der Waals surface area contributed by atoms with Gasteiger partial charge < -0.3 is 10.2 Å². The average molecular weight is 465 g/mol. The number of hydrogen-bond donors (Lipinski definition) is 1. The predicted octanol–water partition coefficient (Wildman–Crippen LogP) is 6.97. The maximum Gasteiger partial charge on any atom is 0.161 e. The number of ketones is 1. The van der Waals surface area contributed by atoms with Crippen molar-refractivity contribution in [2.45, 2.75) is 39.5 Å². The van der Waals surface area contributed by atoms with Crippen molar-refractivity contribution in [2.24, 2.45) is 0 Å². The molecule has 0 amide bonds. The first-order valence-electron chi connectivity index (χ1n) is 12.5. The Labute approximate surface area is 207 Å². The van der Waals surface area contributed by atoms with E-state index >= 15 is 0 Å². The van der Waals surface area contributed by atoms with Gasteiger partial charge >= 0.3 is 0 Å². The van der Waals surface area contributed by atoms with Gasteiger partial charge in [-0.3, -0.25) is 9.20 Å². The van der Waals surface area contributed by atoms with E-state index in [4.69, 9.17) is 0 Å². The molecule has 2 aromatic heterocycles. The molecule has 5 rings (SSSR count). The molecule has 1 saturated heterocycles. The molecule has 0 bridgehead atoms. The van der Waals surface area contributed by atoms with E-state index in [1.54, 1.807) is 6.92 Å². The van der Waals surface area contributed by atoms with E-state index in [0.717, 1.165) is 64.6 Å². The normalized spacial score (nSPS) is 13.7. The fourth-order valence-electron chi connectivity index (χ4n) is 4.98. The van der Waals surface area contributed by atoms with Gasteiger partial charge in [0, 0.05) is 42.4 Å². The Bertz CT molecular complexity index is 1380. The quantitative estimate of drug-likeness (QED) is 0.300. The zero-order valence-corrected chi connectivity index (χ0v) is 20.6. The molecule has 0 aliphatic carbocycles. The number of rotatable bonds is 7. The number of imidazole rings is 1. The number of hydrogen-bond acceptors (Lipinski definition) is 4. The molecule has 5 heteroatoms. The number of carbonyl (C=O) groups is 1. The van der Waals surface area contributed by atoms with E-state index in [1.165, 1.54) is 24.8 Å². The molecular formula is C30H32N4O. The van der Waals surface area contributed by atoms with Crippen LogP contribution >= 0.6 is 0 Å². The third kappa shape index (κ3) is 4.59. The highest BCUT2D eigenvalue weighted by molar-refractivity contribution is 5.96. The largest absolute Gasteiger partial charge is 0.372 e. The smallest absolute Gasteiger partial charge is 0.161 e. The standard InChI is InChI=1S/C30H32N4O/c1-4-23-20-25(10-13-27(23)22(3)35)29-15-14-28(30-31-16-19-34(29)30)32-26-11-8-24(9-12-26)21(2)33-17-6-5-7-18-33/h8-16,19-20,32H,2,4-7,17-18H2,1,3H3. The van der Waals surface area contributed by atoms with Crippen LogP contribution in [0.25, 0.3) is 22.6 Å². The van der Waals surface area contributed by atoms with Crippen LogP contribution in [0.2, 0.25) is 0 Å². The van der Waals surface area contributed by atoms with Gasteiger partial charge in [-0.25, -0.2) is 4.98 Å². The summed E-state index contributed by atoms with van der Waals surface area (Å²) in [5.74, 6) is 0.103. The Morgan fingerprint density at radius 3 is 2.51 bits per heavy atom. The third-order valence-electron chi connectivity index (χ3n) is 6.95. The lowest BCUT2D eigenvalue weighted by Crippen LogP contribution is -2.27. The molecule has 0 radical (unpaired) electrons. The first-order chi connectivity index (χ1) is 17.0. The Balaban J connectivity index is 1.40. The molecule has 3 heterocycles. The van der Waals surface area contributed by atoms with Crippen molar-refractivity contribution in [2.75, 3.05) is 18.4 Å². The third-order valence-corrected chi connectivity index (χ3v) is 6.95. The highest BCUT2D eigenvalue weighted by atomic mass is 16.1. The van der Waals surface area contributed by atoms with Crippen molar-refractivity contribution in [1.29, 1.82) is 0 Å². The van der Waals surface area contributed by atoms with E-state index in [-0.39, 0.29) is 5.78 Å². The molecule has 1 fully saturated rings. The number of aromatic nitrogens is 2. The minimum atomic E-state index is 0.103. The number of nitrogens with zero attached hydrogens (tertiary/aromatic N) is 3. The van der Waals surface area contributed by atoms with Crippen LogP contribution in [0.5, 0.6) is 0 Å². The Morgan fingerprint density at radius 2 is 1.80 bits per heavy atom. The van der Waals surface area contributed by atoms with Crippen LogP contribution in [0, 0.1) is 0 Å². The first-order valence-corrected chi connectivity index (χ1v) is 12.5. The van der Waals surface area contributed by atoms with Crippen molar-refractivity contribution in [3.8, 4) is 11.3 Å². The predicted molar refractivity (Wildman–Crippen MR) is 144 cm³/mol. The van der Waals surface area contributed by atoms with Gasteiger partial charge in [-0.2, -0.15) is 0 Å². The molecule has 35 heavy (non-hydrogen) atoms. The molecule has 4 aromatic rings. The molecular weight excluding hydrogens is 432 g/mol. The van der Waals surface area contributed by atoms with Gasteiger partial charge in [0.2, 0.25) is 0 Å². The van der Waals surface area contributed by atoms with E-state index in [9.17, 15) is 4.79 Å². The minimum absolute atomic E-state index is 0.103. The highest BCUT2D eigenvalue weighted by Crippen LogP contribution is 2.30. The number of anilines is 2. The van der Waals surface area contributed by atoms with Gasteiger partial charge in [-0.15, -0.1) is 0 Å². The molecule has 0 atom stereocenters. The zero-order valence-electron chi connectivity index (χ0n) is 20.6. The number of carbonyl (C=O) groups excluding carboxylic acids is 1. The van der Waals surface area contributed by atoms with E-state index in [2.05, 4.69) is 75.6 Å². The Morgan fingerprint density at radius 1 is 1.03 bits per heavy atom. The van der Waals surface area contributed by atoms with Crippen molar-refractivity contribution < 1.29 is 4.79 Å². The number of aryl methyl sites for hydroxylation is 1. The number of piperidine rings is 1. The van der Waals surface area contributed by atoms with Crippen molar-refractivity contribution in [3.63, 3.8) is 0 Å². The second-order valence-corrected chi connectivity index (χ2v) is 9.23. The fourth-order valence-corrected chi connectivity index (χ4v) is 4.98. The first kappa shape index (κ1) is 22.9. The van der Waals surface area contributed by atoms with Gasteiger partial charge in [0.15, 0.2) is 11.4 Å². The highest BCUT2D eigenvalue weighted by Gasteiger charge is 2.14. The molecule has 0 spiro atoms. The van der Waals surface area contributed by atoms with E-state index in [1.807, 2.05) is 24.5 Å². The van der Waals surface area contributed by atoms with Crippen LogP contribution < -0.4 is 5.32 Å². The number of pyridine rings is 1. The second kappa shape index (κ2) is 9.79. The van der Waals surface area contributed by atoms with Crippen LogP contribution in [-0.4, -0.2) is 33.2 Å². The monoisotopic (exact) mass is 464 g/mol. The van der Waals surface area contributed by atoms with Crippen LogP contribution in [0.4, 0.5) is 11.4 Å². The zero-order chi connectivity index (χ0) is 24.4. The lowest BCUT2D eigenvalue weighted by molar-refractivity contribution is 0.101. The number of Topliss-reactive ketones (excluding diaryl/α,β-unsaturated/α-hetero) is 1. The lowest BCUT2D eigenvalue weighted by atomic mass is 9.98. The summed E-state index contributed by atoms with van der Waals surface area (Å²) in [4.78, 5) is 19.0.